The Kier molecular flexibility index (Phi) is 3.17. The summed E-state index contributed by atoms with van der Waals surface area (Å²) < 4.78 is 4.22. The molecule has 2 aromatic heterocycles. The van der Waals surface area contributed by atoms with E-state index >= 15 is 0 Å². The Morgan fingerprint density at radius 2 is 2.08 bits per heavy atom. The van der Waals surface area contributed by atoms with Gasteiger partial charge in [-0.25, -0.2) is 0 Å². The Morgan fingerprint density at radius 1 is 1.33 bits per heavy atom. The maximum atomic E-state index is 4.22. The van der Waals surface area contributed by atoms with Crippen LogP contribution in [0.3, 0.4) is 0 Å². The summed E-state index contributed by atoms with van der Waals surface area (Å²) in [6.07, 6.45) is 3.62. The molecular formula is C9H12N2S. The maximum Gasteiger partial charge on any atom is 0.0874 e. The van der Waals surface area contributed by atoms with E-state index in [2.05, 4.69) is 16.3 Å². The molecule has 2 aromatic rings. The summed E-state index contributed by atoms with van der Waals surface area (Å²) in [6, 6.07) is 1.93. The zero-order valence-corrected chi connectivity index (χ0v) is 8.35. The quantitative estimate of drug-likeness (QED) is 0.622. The number of rotatable bonds is 0. The van der Waals surface area contributed by atoms with Gasteiger partial charge >= 0.3 is 0 Å². The average molecular weight is 180 g/mol. The number of aromatic nitrogens is 2. The number of hydrogen-bond acceptors (Lipinski definition) is 3. The summed E-state index contributed by atoms with van der Waals surface area (Å²) >= 11 is 1.53. The molecule has 0 saturated heterocycles. The molecule has 0 amide bonds. The summed E-state index contributed by atoms with van der Waals surface area (Å²) in [5, 5.41) is 1.17. The van der Waals surface area contributed by atoms with Crippen molar-refractivity contribution in [3.8, 4) is 0 Å². The van der Waals surface area contributed by atoms with Crippen LogP contribution < -0.4 is 0 Å². The SMILES string of the molecule is CC.Cc1snc2ccncc12. The van der Waals surface area contributed by atoms with Gasteiger partial charge in [-0.1, -0.05) is 13.8 Å². The van der Waals surface area contributed by atoms with Crippen LogP contribution in [0.15, 0.2) is 18.5 Å². The van der Waals surface area contributed by atoms with Crippen LogP contribution in [0.1, 0.15) is 18.7 Å². The van der Waals surface area contributed by atoms with Gasteiger partial charge in [0.15, 0.2) is 0 Å². The summed E-state index contributed by atoms with van der Waals surface area (Å²) in [7, 11) is 0. The van der Waals surface area contributed by atoms with Crippen molar-refractivity contribution in [2.75, 3.05) is 0 Å². The monoisotopic (exact) mass is 180 g/mol. The largest absolute Gasteiger partial charge is 0.264 e. The van der Waals surface area contributed by atoms with Crippen molar-refractivity contribution in [3.63, 3.8) is 0 Å². The van der Waals surface area contributed by atoms with E-state index in [9.17, 15) is 0 Å². The molecule has 0 aliphatic heterocycles. The van der Waals surface area contributed by atoms with Crippen LogP contribution in [0.5, 0.6) is 0 Å². The van der Waals surface area contributed by atoms with Crippen LogP contribution in [0, 0.1) is 6.92 Å². The van der Waals surface area contributed by atoms with E-state index in [1.165, 1.54) is 21.8 Å². The van der Waals surface area contributed by atoms with Gasteiger partial charge in [0.2, 0.25) is 0 Å². The molecule has 64 valence electrons. The van der Waals surface area contributed by atoms with Crippen LogP contribution in [-0.2, 0) is 0 Å². The van der Waals surface area contributed by atoms with Crippen molar-refractivity contribution in [1.29, 1.82) is 0 Å². The Labute approximate surface area is 76.4 Å². The second kappa shape index (κ2) is 4.16. The third kappa shape index (κ3) is 1.61. The lowest BCUT2D eigenvalue weighted by Gasteiger charge is -1.84. The summed E-state index contributed by atoms with van der Waals surface area (Å²) in [5.41, 5.74) is 1.05. The highest BCUT2D eigenvalue weighted by atomic mass is 32.1. The van der Waals surface area contributed by atoms with E-state index in [1.54, 1.807) is 6.20 Å². The molecule has 2 heterocycles. The fraction of sp³-hybridized carbons (Fsp3) is 0.333. The number of fused-ring (bicyclic) bond motifs is 1. The average Bonchev–Trinajstić information content (AvgIpc) is 2.53. The third-order valence-electron chi connectivity index (χ3n) is 1.46. The van der Waals surface area contributed by atoms with E-state index in [4.69, 9.17) is 0 Å². The molecule has 3 heteroatoms. The first-order chi connectivity index (χ1) is 5.88. The molecule has 0 radical (unpaired) electrons. The van der Waals surface area contributed by atoms with Crippen LogP contribution in [0.4, 0.5) is 0 Å². The lowest BCUT2D eigenvalue weighted by atomic mass is 10.3. The number of hydrogen-bond donors (Lipinski definition) is 0. The molecule has 0 N–H and O–H groups in total. The van der Waals surface area contributed by atoms with Crippen molar-refractivity contribution in [1.82, 2.24) is 9.36 Å². The molecule has 2 rings (SSSR count). The predicted molar refractivity (Wildman–Crippen MR) is 53.5 cm³/mol. The second-order valence-electron chi connectivity index (χ2n) is 2.13. The maximum absolute atomic E-state index is 4.22. The van der Waals surface area contributed by atoms with Gasteiger partial charge in [-0.05, 0) is 24.5 Å². The third-order valence-corrected chi connectivity index (χ3v) is 2.24. The highest BCUT2D eigenvalue weighted by Gasteiger charge is 1.98. The number of nitrogens with zero attached hydrogens (tertiary/aromatic N) is 2. The Balaban J connectivity index is 0.000000336. The van der Waals surface area contributed by atoms with Crippen molar-refractivity contribution < 1.29 is 0 Å². The van der Waals surface area contributed by atoms with Gasteiger partial charge < -0.3 is 0 Å². The molecule has 0 atom stereocenters. The van der Waals surface area contributed by atoms with E-state index in [0.717, 1.165) is 5.52 Å². The lowest BCUT2D eigenvalue weighted by molar-refractivity contribution is 1.36. The fourth-order valence-electron chi connectivity index (χ4n) is 0.905. The normalized spacial score (nSPS) is 9.25. The molecule has 12 heavy (non-hydrogen) atoms. The predicted octanol–water partition coefficient (Wildman–Crippen LogP) is 3.03. The summed E-state index contributed by atoms with van der Waals surface area (Å²) in [4.78, 5) is 5.25. The number of aryl methyl sites for hydroxylation is 1. The highest BCUT2D eigenvalue weighted by molar-refractivity contribution is 7.07. The van der Waals surface area contributed by atoms with Crippen LogP contribution in [0.2, 0.25) is 0 Å². The van der Waals surface area contributed by atoms with Crippen molar-refractivity contribution in [2.45, 2.75) is 20.8 Å². The smallest absolute Gasteiger partial charge is 0.0874 e. The molecule has 0 bridgehead atoms. The molecular weight excluding hydrogens is 168 g/mol. The van der Waals surface area contributed by atoms with Crippen molar-refractivity contribution in [2.24, 2.45) is 0 Å². The Morgan fingerprint density at radius 3 is 2.75 bits per heavy atom. The molecule has 0 aliphatic rings. The highest BCUT2D eigenvalue weighted by Crippen LogP contribution is 2.18. The Bertz CT molecular complexity index is 354. The molecule has 0 aromatic carbocycles. The molecule has 2 nitrogen and oxygen atoms in total. The van der Waals surface area contributed by atoms with Crippen molar-refractivity contribution >= 4 is 22.4 Å². The fourth-order valence-corrected chi connectivity index (χ4v) is 1.55. The van der Waals surface area contributed by atoms with Crippen LogP contribution in [-0.4, -0.2) is 9.36 Å². The lowest BCUT2D eigenvalue weighted by Crippen LogP contribution is -1.70. The van der Waals surface area contributed by atoms with E-state index in [1.807, 2.05) is 26.1 Å². The van der Waals surface area contributed by atoms with Gasteiger partial charge in [-0.2, -0.15) is 4.37 Å². The van der Waals surface area contributed by atoms with Gasteiger partial charge in [0.1, 0.15) is 0 Å². The minimum Gasteiger partial charge on any atom is -0.264 e. The van der Waals surface area contributed by atoms with Gasteiger partial charge in [0, 0.05) is 22.7 Å². The van der Waals surface area contributed by atoms with Crippen molar-refractivity contribution in [3.05, 3.63) is 23.3 Å². The first kappa shape index (κ1) is 9.13. The number of pyridine rings is 1. The molecule has 0 aliphatic carbocycles. The molecule has 0 spiro atoms. The standard InChI is InChI=1S/C7H6N2S.C2H6/c1-5-6-4-8-3-2-7(6)9-10-5;1-2/h2-4H,1H3;1-2H3. The van der Waals surface area contributed by atoms with Gasteiger partial charge in [-0.3, -0.25) is 4.98 Å². The zero-order valence-electron chi connectivity index (χ0n) is 7.53. The first-order valence-electron chi connectivity index (χ1n) is 4.04. The topological polar surface area (TPSA) is 25.8 Å². The van der Waals surface area contributed by atoms with Gasteiger partial charge in [0.05, 0.1) is 5.52 Å². The van der Waals surface area contributed by atoms with Gasteiger partial charge in [0.25, 0.3) is 0 Å². The minimum absolute atomic E-state index is 1.05. The van der Waals surface area contributed by atoms with Gasteiger partial charge in [-0.15, -0.1) is 0 Å². The summed E-state index contributed by atoms with van der Waals surface area (Å²) in [6.45, 7) is 6.06. The Hall–Kier alpha value is -0.960. The van der Waals surface area contributed by atoms with Crippen LogP contribution >= 0.6 is 11.5 Å². The molecule has 0 fully saturated rings. The first-order valence-corrected chi connectivity index (χ1v) is 4.81. The minimum atomic E-state index is 1.05. The zero-order chi connectivity index (χ0) is 8.97. The van der Waals surface area contributed by atoms with E-state index in [-0.39, 0.29) is 0 Å². The van der Waals surface area contributed by atoms with E-state index in [0.29, 0.717) is 0 Å². The van der Waals surface area contributed by atoms with Crippen LogP contribution in [0.25, 0.3) is 10.9 Å². The summed E-state index contributed by atoms with van der Waals surface area (Å²) in [5.74, 6) is 0. The second-order valence-corrected chi connectivity index (χ2v) is 3.11. The van der Waals surface area contributed by atoms with E-state index < -0.39 is 0 Å². The molecule has 0 unspecified atom stereocenters. The molecule has 0 saturated carbocycles.